The molecule has 10 heteroatoms. The van der Waals surface area contributed by atoms with E-state index in [1.54, 1.807) is 35.0 Å². The zero-order valence-corrected chi connectivity index (χ0v) is 14.3. The number of amides is 1. The number of nitrogens with zero attached hydrogens (tertiary/aromatic N) is 5. The summed E-state index contributed by atoms with van der Waals surface area (Å²) in [5.41, 5.74) is 1.91. The predicted octanol–water partition coefficient (Wildman–Crippen LogP) is 3.27. The molecule has 3 heterocycles. The molecule has 0 atom stereocenters. The number of aromatic nitrogens is 5. The smallest absolute Gasteiger partial charge is 0.410 e. The largest absolute Gasteiger partial charge is 0.465 e. The number of halogens is 1. The van der Waals surface area contributed by atoms with E-state index >= 15 is 0 Å². The molecule has 0 radical (unpaired) electrons. The quantitative estimate of drug-likeness (QED) is 0.545. The number of hydrogen-bond donors (Lipinski definition) is 2. The molecule has 0 saturated carbocycles. The fraction of sp³-hybridized carbons (Fsp3) is 0.0556. The van der Waals surface area contributed by atoms with Crippen LogP contribution in [0.2, 0.25) is 0 Å². The second-order valence-corrected chi connectivity index (χ2v) is 5.74. The summed E-state index contributed by atoms with van der Waals surface area (Å²) in [6, 6.07) is 11.1. The molecule has 4 rings (SSSR count). The second-order valence-electron chi connectivity index (χ2n) is 5.74. The zero-order valence-electron chi connectivity index (χ0n) is 14.3. The molecule has 140 valence electrons. The van der Waals surface area contributed by atoms with Gasteiger partial charge in [0.25, 0.3) is 0 Å². The molecule has 4 aromatic rings. The molecule has 1 amide bonds. The Hall–Kier alpha value is -4.08. The van der Waals surface area contributed by atoms with Crippen molar-refractivity contribution in [1.82, 2.24) is 24.9 Å². The molecule has 2 N–H and O–H groups in total. The molecule has 0 aliphatic carbocycles. The lowest BCUT2D eigenvalue weighted by molar-refractivity contribution is 0.209. The lowest BCUT2D eigenvalue weighted by Crippen LogP contribution is -2.09. The molecule has 0 spiro atoms. The van der Waals surface area contributed by atoms with Crippen LogP contribution >= 0.6 is 0 Å². The number of nitrogens with one attached hydrogen (secondary N) is 1. The van der Waals surface area contributed by atoms with E-state index in [4.69, 9.17) is 9.63 Å². The Morgan fingerprint density at radius 1 is 1.21 bits per heavy atom. The van der Waals surface area contributed by atoms with Gasteiger partial charge in [-0.3, -0.25) is 10.00 Å². The monoisotopic (exact) mass is 380 g/mol. The lowest BCUT2D eigenvalue weighted by atomic mass is 10.2. The van der Waals surface area contributed by atoms with Gasteiger partial charge in [0, 0.05) is 17.8 Å². The Balaban J connectivity index is 1.76. The van der Waals surface area contributed by atoms with Crippen molar-refractivity contribution in [3.63, 3.8) is 0 Å². The summed E-state index contributed by atoms with van der Waals surface area (Å²) in [5, 5.41) is 19.4. The zero-order chi connectivity index (χ0) is 19.5. The van der Waals surface area contributed by atoms with Crippen molar-refractivity contribution in [2.24, 2.45) is 0 Å². The van der Waals surface area contributed by atoms with Crippen molar-refractivity contribution in [3.05, 3.63) is 66.3 Å². The van der Waals surface area contributed by atoms with Gasteiger partial charge in [-0.25, -0.2) is 19.2 Å². The normalized spacial score (nSPS) is 10.8. The Bertz CT molecular complexity index is 1130. The summed E-state index contributed by atoms with van der Waals surface area (Å²) in [6.45, 7) is 0.155. The molecule has 28 heavy (non-hydrogen) atoms. The summed E-state index contributed by atoms with van der Waals surface area (Å²) < 4.78 is 20.6. The highest BCUT2D eigenvalue weighted by atomic mass is 19.1. The molecule has 0 aliphatic heterocycles. The third-order valence-corrected chi connectivity index (χ3v) is 3.88. The standard InChI is InChI=1S/C18H13FN6O3/c19-12-4-2-1-3-11(12)10-25-15(13-6-8-28-24-13)9-14(23-25)17-20-7-5-16(21-17)22-18(26)27/h1-9H,10H2,(H,26,27)(H,20,21,22). The van der Waals surface area contributed by atoms with Gasteiger partial charge in [-0.1, -0.05) is 23.4 Å². The maximum absolute atomic E-state index is 14.1. The van der Waals surface area contributed by atoms with E-state index in [2.05, 4.69) is 25.5 Å². The van der Waals surface area contributed by atoms with Gasteiger partial charge in [-0.05, 0) is 18.2 Å². The molecule has 0 fully saturated rings. The summed E-state index contributed by atoms with van der Waals surface area (Å²) in [4.78, 5) is 19.1. The Morgan fingerprint density at radius 3 is 2.82 bits per heavy atom. The van der Waals surface area contributed by atoms with E-state index in [1.807, 2.05) is 0 Å². The first-order valence-corrected chi connectivity index (χ1v) is 8.15. The van der Waals surface area contributed by atoms with Crippen LogP contribution < -0.4 is 5.32 Å². The van der Waals surface area contributed by atoms with Crippen molar-refractivity contribution in [2.75, 3.05) is 5.32 Å². The van der Waals surface area contributed by atoms with E-state index in [-0.39, 0.29) is 24.0 Å². The fourth-order valence-electron chi connectivity index (χ4n) is 2.65. The van der Waals surface area contributed by atoms with Gasteiger partial charge >= 0.3 is 6.09 Å². The summed E-state index contributed by atoms with van der Waals surface area (Å²) in [6.07, 6.45) is 1.60. The maximum atomic E-state index is 14.1. The first-order valence-electron chi connectivity index (χ1n) is 8.15. The van der Waals surface area contributed by atoms with Crippen LogP contribution in [0.5, 0.6) is 0 Å². The fourth-order valence-corrected chi connectivity index (χ4v) is 2.65. The number of rotatable bonds is 5. The minimum absolute atomic E-state index is 0.115. The highest BCUT2D eigenvalue weighted by molar-refractivity contribution is 5.81. The maximum Gasteiger partial charge on any atom is 0.410 e. The molecule has 3 aromatic heterocycles. The predicted molar refractivity (Wildman–Crippen MR) is 95.9 cm³/mol. The van der Waals surface area contributed by atoms with Crippen LogP contribution in [-0.4, -0.2) is 36.1 Å². The highest BCUT2D eigenvalue weighted by Gasteiger charge is 2.17. The average molecular weight is 380 g/mol. The van der Waals surface area contributed by atoms with E-state index in [0.717, 1.165) is 0 Å². The van der Waals surface area contributed by atoms with Crippen molar-refractivity contribution in [1.29, 1.82) is 0 Å². The number of carbonyl (C=O) groups is 1. The van der Waals surface area contributed by atoms with Gasteiger partial charge < -0.3 is 9.63 Å². The topological polar surface area (TPSA) is 119 Å². The third kappa shape index (κ3) is 3.56. The van der Waals surface area contributed by atoms with Gasteiger partial charge in [-0.2, -0.15) is 5.10 Å². The Labute approximate surface area is 157 Å². The van der Waals surface area contributed by atoms with Crippen molar-refractivity contribution >= 4 is 11.9 Å². The van der Waals surface area contributed by atoms with Crippen LogP contribution in [0.3, 0.4) is 0 Å². The SMILES string of the molecule is O=C(O)Nc1ccnc(-c2cc(-c3ccon3)n(Cc3ccccc3F)n2)n1. The van der Waals surface area contributed by atoms with Gasteiger partial charge in [0.05, 0.1) is 12.2 Å². The molecular formula is C18H13FN6O3. The third-order valence-electron chi connectivity index (χ3n) is 3.88. The van der Waals surface area contributed by atoms with Gasteiger partial charge in [0.1, 0.15) is 29.3 Å². The van der Waals surface area contributed by atoms with Crippen LogP contribution in [0.4, 0.5) is 15.0 Å². The van der Waals surface area contributed by atoms with Gasteiger partial charge in [-0.15, -0.1) is 0 Å². The molecular weight excluding hydrogens is 367 g/mol. The van der Waals surface area contributed by atoms with E-state index in [9.17, 15) is 9.18 Å². The Morgan fingerprint density at radius 2 is 2.07 bits per heavy atom. The first-order chi connectivity index (χ1) is 13.6. The minimum atomic E-state index is -1.24. The van der Waals surface area contributed by atoms with Crippen molar-refractivity contribution < 1.29 is 18.8 Å². The Kier molecular flexibility index (Phi) is 4.50. The van der Waals surface area contributed by atoms with Gasteiger partial charge in [0.15, 0.2) is 5.82 Å². The van der Waals surface area contributed by atoms with Crippen molar-refractivity contribution in [3.8, 4) is 22.9 Å². The van der Waals surface area contributed by atoms with Gasteiger partial charge in [0.2, 0.25) is 0 Å². The number of carboxylic acid groups (broad SMARTS) is 1. The molecule has 0 bridgehead atoms. The summed E-state index contributed by atoms with van der Waals surface area (Å²) >= 11 is 0. The number of hydrogen-bond acceptors (Lipinski definition) is 6. The minimum Gasteiger partial charge on any atom is -0.465 e. The van der Waals surface area contributed by atoms with Crippen molar-refractivity contribution in [2.45, 2.75) is 6.54 Å². The van der Waals surface area contributed by atoms with Crippen LogP contribution in [-0.2, 0) is 6.54 Å². The molecule has 9 nitrogen and oxygen atoms in total. The van der Waals surface area contributed by atoms with E-state index in [0.29, 0.717) is 22.6 Å². The van der Waals surface area contributed by atoms with E-state index < -0.39 is 6.09 Å². The lowest BCUT2D eigenvalue weighted by Gasteiger charge is -2.06. The number of benzene rings is 1. The first kappa shape index (κ1) is 17.3. The molecule has 0 unspecified atom stereocenters. The molecule has 0 aliphatic rings. The van der Waals surface area contributed by atoms with Crippen LogP contribution in [0.25, 0.3) is 22.9 Å². The molecule has 0 saturated heterocycles. The van der Waals surface area contributed by atoms with Crippen LogP contribution in [0.15, 0.2) is 59.4 Å². The number of anilines is 1. The molecule has 1 aromatic carbocycles. The van der Waals surface area contributed by atoms with E-state index in [1.165, 1.54) is 24.6 Å². The summed E-state index contributed by atoms with van der Waals surface area (Å²) in [5.74, 6) is -0.0259. The second kappa shape index (κ2) is 7.27. The van der Waals surface area contributed by atoms with Crippen LogP contribution in [0, 0.1) is 5.82 Å². The highest BCUT2D eigenvalue weighted by Crippen LogP contribution is 2.25. The summed E-state index contributed by atoms with van der Waals surface area (Å²) in [7, 11) is 0. The van der Waals surface area contributed by atoms with Crippen LogP contribution in [0.1, 0.15) is 5.56 Å². The average Bonchev–Trinajstić information content (AvgIpc) is 3.33.